The Morgan fingerprint density at radius 1 is 1.04 bits per heavy atom. The number of carbonyl (C=O) groups excluding carboxylic acids is 1. The maximum atomic E-state index is 12.3. The molecule has 0 saturated heterocycles. The standard InChI is InChI=1S/C21H34O4/c1-12(22)21(25)11-17(24)18-15-5-4-13-10-14(23)6-8-19(13,2)16(15)7-9-20(18,21)3/h13-18,23-25H,4-11H2,1-3H3/t13?,14?,15-,16+,17-,18-,19+,20+,21+/m1/s1. The molecule has 4 aliphatic rings. The molecule has 0 spiro atoms. The lowest BCUT2D eigenvalue weighted by atomic mass is 9.44. The van der Waals surface area contributed by atoms with Gasteiger partial charge in [-0.15, -0.1) is 0 Å². The van der Waals surface area contributed by atoms with Crippen LogP contribution >= 0.6 is 0 Å². The molecule has 4 aliphatic carbocycles. The van der Waals surface area contributed by atoms with E-state index in [2.05, 4.69) is 6.92 Å². The van der Waals surface area contributed by atoms with Crippen molar-refractivity contribution in [2.45, 2.75) is 89.9 Å². The summed E-state index contributed by atoms with van der Waals surface area (Å²) < 4.78 is 0. The first-order valence-electron chi connectivity index (χ1n) is 10.2. The average Bonchev–Trinajstić information content (AvgIpc) is 2.75. The maximum absolute atomic E-state index is 12.3. The van der Waals surface area contributed by atoms with Crippen LogP contribution in [0.3, 0.4) is 0 Å². The smallest absolute Gasteiger partial charge is 0.161 e. The second-order valence-electron chi connectivity index (χ2n) is 10.1. The molecule has 2 unspecified atom stereocenters. The van der Waals surface area contributed by atoms with Gasteiger partial charge < -0.3 is 15.3 Å². The summed E-state index contributed by atoms with van der Waals surface area (Å²) in [5.41, 5.74) is -1.64. The Morgan fingerprint density at radius 2 is 1.76 bits per heavy atom. The van der Waals surface area contributed by atoms with Crippen LogP contribution in [0.15, 0.2) is 0 Å². The fraction of sp³-hybridized carbons (Fsp3) is 0.952. The molecule has 4 rings (SSSR count). The van der Waals surface area contributed by atoms with Gasteiger partial charge in [0.1, 0.15) is 5.60 Å². The number of aliphatic hydroxyl groups is 3. The van der Waals surface area contributed by atoms with Gasteiger partial charge in [-0.2, -0.15) is 0 Å². The van der Waals surface area contributed by atoms with Gasteiger partial charge in [0, 0.05) is 11.8 Å². The molecular formula is C21H34O4. The third-order valence-corrected chi connectivity index (χ3v) is 9.34. The van der Waals surface area contributed by atoms with Gasteiger partial charge in [-0.3, -0.25) is 4.79 Å². The Morgan fingerprint density at radius 3 is 2.44 bits per heavy atom. The van der Waals surface area contributed by atoms with Gasteiger partial charge in [-0.25, -0.2) is 0 Å². The fourth-order valence-corrected chi connectivity index (χ4v) is 7.89. The zero-order valence-electron chi connectivity index (χ0n) is 15.9. The maximum Gasteiger partial charge on any atom is 0.161 e. The topological polar surface area (TPSA) is 77.8 Å². The molecule has 0 aromatic rings. The summed E-state index contributed by atoms with van der Waals surface area (Å²) in [6.07, 6.45) is 6.35. The summed E-state index contributed by atoms with van der Waals surface area (Å²) in [7, 11) is 0. The number of hydrogen-bond donors (Lipinski definition) is 3. The number of carbonyl (C=O) groups is 1. The highest BCUT2D eigenvalue weighted by atomic mass is 16.3. The third kappa shape index (κ3) is 2.20. The van der Waals surface area contributed by atoms with Crippen LogP contribution in [-0.2, 0) is 4.79 Å². The molecule has 0 radical (unpaired) electrons. The number of ketones is 1. The van der Waals surface area contributed by atoms with E-state index in [4.69, 9.17) is 0 Å². The monoisotopic (exact) mass is 350 g/mol. The molecule has 0 bridgehead atoms. The summed E-state index contributed by atoms with van der Waals surface area (Å²) in [6.45, 7) is 5.93. The molecule has 25 heavy (non-hydrogen) atoms. The minimum atomic E-state index is -1.37. The van der Waals surface area contributed by atoms with Crippen LogP contribution in [0.2, 0.25) is 0 Å². The van der Waals surface area contributed by atoms with Crippen molar-refractivity contribution in [1.82, 2.24) is 0 Å². The lowest BCUT2D eigenvalue weighted by Crippen LogP contribution is -2.59. The lowest BCUT2D eigenvalue weighted by molar-refractivity contribution is -0.173. The highest BCUT2D eigenvalue weighted by molar-refractivity contribution is 5.86. The molecule has 0 aromatic heterocycles. The first-order valence-corrected chi connectivity index (χ1v) is 10.2. The van der Waals surface area contributed by atoms with Gasteiger partial charge in [0.05, 0.1) is 12.2 Å². The van der Waals surface area contributed by atoms with Gasteiger partial charge in [-0.05, 0) is 81.0 Å². The normalized spacial score (nSPS) is 58.2. The average molecular weight is 350 g/mol. The molecule has 4 nitrogen and oxygen atoms in total. The van der Waals surface area contributed by atoms with Crippen molar-refractivity contribution < 1.29 is 20.1 Å². The molecular weight excluding hydrogens is 316 g/mol. The molecule has 3 N–H and O–H groups in total. The number of fused-ring (bicyclic) bond motifs is 5. The lowest BCUT2D eigenvalue weighted by Gasteiger charge is -2.61. The molecule has 4 saturated carbocycles. The Kier molecular flexibility index (Phi) is 3.97. The SMILES string of the molecule is CC(=O)[C@@]1(O)C[C@@H](O)[C@H]2[C@@H]3CCC4CC(O)CC[C@]4(C)[C@H]3CC[C@@]21C. The summed E-state index contributed by atoms with van der Waals surface area (Å²) in [5.74, 6) is 1.34. The Hall–Kier alpha value is -0.450. The van der Waals surface area contributed by atoms with Crippen molar-refractivity contribution in [3.8, 4) is 0 Å². The predicted molar refractivity (Wildman–Crippen MR) is 94.8 cm³/mol. The van der Waals surface area contributed by atoms with E-state index in [1.54, 1.807) is 0 Å². The number of aliphatic hydroxyl groups excluding tert-OH is 2. The van der Waals surface area contributed by atoms with Crippen molar-refractivity contribution in [3.63, 3.8) is 0 Å². The van der Waals surface area contributed by atoms with Gasteiger partial charge in [0.2, 0.25) is 0 Å². The van der Waals surface area contributed by atoms with Crippen LogP contribution in [-0.4, -0.2) is 38.9 Å². The molecule has 142 valence electrons. The molecule has 0 aliphatic heterocycles. The predicted octanol–water partition coefficient (Wildman–Crippen LogP) is 2.68. The minimum absolute atomic E-state index is 0.0183. The van der Waals surface area contributed by atoms with Crippen molar-refractivity contribution >= 4 is 5.78 Å². The molecule has 4 heteroatoms. The van der Waals surface area contributed by atoms with E-state index < -0.39 is 17.1 Å². The molecule has 0 heterocycles. The van der Waals surface area contributed by atoms with E-state index in [1.165, 1.54) is 6.92 Å². The largest absolute Gasteiger partial charge is 0.393 e. The number of rotatable bonds is 1. The Balaban J connectivity index is 1.69. The summed E-state index contributed by atoms with van der Waals surface area (Å²) in [6, 6.07) is 0. The molecule has 4 fully saturated rings. The number of Topliss-reactive ketones (excluding diaryl/α,β-unsaturated/α-hetero) is 1. The second kappa shape index (κ2) is 5.53. The third-order valence-electron chi connectivity index (χ3n) is 9.34. The van der Waals surface area contributed by atoms with E-state index in [1.807, 2.05) is 6.92 Å². The zero-order valence-corrected chi connectivity index (χ0v) is 15.9. The van der Waals surface area contributed by atoms with Crippen molar-refractivity contribution in [1.29, 1.82) is 0 Å². The zero-order chi connectivity index (χ0) is 18.2. The van der Waals surface area contributed by atoms with E-state index in [0.29, 0.717) is 17.8 Å². The number of hydrogen-bond acceptors (Lipinski definition) is 4. The first kappa shape index (κ1) is 17.9. The van der Waals surface area contributed by atoms with Crippen LogP contribution in [0.1, 0.15) is 72.1 Å². The van der Waals surface area contributed by atoms with Crippen LogP contribution in [0.25, 0.3) is 0 Å². The highest BCUT2D eigenvalue weighted by Gasteiger charge is 2.68. The van der Waals surface area contributed by atoms with Crippen LogP contribution in [0, 0.1) is 34.5 Å². The van der Waals surface area contributed by atoms with Gasteiger partial charge in [0.25, 0.3) is 0 Å². The highest BCUT2D eigenvalue weighted by Crippen LogP contribution is 2.68. The van der Waals surface area contributed by atoms with Crippen LogP contribution in [0.4, 0.5) is 0 Å². The minimum Gasteiger partial charge on any atom is -0.393 e. The Labute approximate surface area is 151 Å². The van der Waals surface area contributed by atoms with Gasteiger partial charge in [0.15, 0.2) is 5.78 Å². The van der Waals surface area contributed by atoms with Crippen molar-refractivity contribution in [2.75, 3.05) is 0 Å². The van der Waals surface area contributed by atoms with Gasteiger partial charge >= 0.3 is 0 Å². The van der Waals surface area contributed by atoms with E-state index >= 15 is 0 Å². The van der Waals surface area contributed by atoms with E-state index in [0.717, 1.165) is 44.9 Å². The summed E-state index contributed by atoms with van der Waals surface area (Å²) in [4.78, 5) is 12.3. The van der Waals surface area contributed by atoms with Gasteiger partial charge in [-0.1, -0.05) is 13.8 Å². The van der Waals surface area contributed by atoms with E-state index in [9.17, 15) is 20.1 Å². The second-order valence-corrected chi connectivity index (χ2v) is 10.1. The van der Waals surface area contributed by atoms with Crippen LogP contribution in [0.5, 0.6) is 0 Å². The van der Waals surface area contributed by atoms with Crippen LogP contribution < -0.4 is 0 Å². The first-order chi connectivity index (χ1) is 11.6. The quantitative estimate of drug-likeness (QED) is 0.679. The summed E-state index contributed by atoms with van der Waals surface area (Å²) in [5, 5.41) is 32.2. The Bertz CT molecular complexity index is 576. The van der Waals surface area contributed by atoms with Crippen molar-refractivity contribution in [2.24, 2.45) is 34.5 Å². The van der Waals surface area contributed by atoms with Crippen molar-refractivity contribution in [3.05, 3.63) is 0 Å². The molecule has 0 amide bonds. The van der Waals surface area contributed by atoms with E-state index in [-0.39, 0.29) is 29.6 Å². The molecule has 0 aromatic carbocycles. The fourth-order valence-electron chi connectivity index (χ4n) is 7.89. The molecule has 9 atom stereocenters. The summed E-state index contributed by atoms with van der Waals surface area (Å²) >= 11 is 0.